The first-order valence-electron chi connectivity index (χ1n) is 6.68. The van der Waals surface area contributed by atoms with E-state index < -0.39 is 0 Å². The molecule has 0 bridgehead atoms. The number of ether oxygens (including phenoxy) is 1. The number of nitrogens with one attached hydrogen (secondary N) is 1. The second-order valence-corrected chi connectivity index (χ2v) is 4.95. The molecule has 2 rings (SSSR count). The van der Waals surface area contributed by atoms with Crippen LogP contribution in [0.2, 0.25) is 0 Å². The lowest BCUT2D eigenvalue weighted by molar-refractivity contribution is 0.0538. The average molecular weight is 247 g/mol. The standard InChI is InChI=1S/C15H21NO2/c1-3-15(17)12-4-6-13(7-5-12)16-14-8-9-18-10-11(14)2/h4-7,11,14,16H,3,8-10H2,1-2H3. The Kier molecular flexibility index (Phi) is 4.37. The van der Waals surface area contributed by atoms with Gasteiger partial charge in [-0.3, -0.25) is 4.79 Å². The quantitative estimate of drug-likeness (QED) is 0.831. The fourth-order valence-electron chi connectivity index (χ4n) is 2.27. The number of hydrogen-bond donors (Lipinski definition) is 1. The lowest BCUT2D eigenvalue weighted by Gasteiger charge is -2.30. The highest BCUT2D eigenvalue weighted by atomic mass is 16.5. The van der Waals surface area contributed by atoms with Gasteiger partial charge in [0.05, 0.1) is 6.61 Å². The van der Waals surface area contributed by atoms with Crippen LogP contribution in [0.3, 0.4) is 0 Å². The van der Waals surface area contributed by atoms with E-state index in [2.05, 4.69) is 12.2 Å². The number of carbonyl (C=O) groups is 1. The van der Waals surface area contributed by atoms with Gasteiger partial charge in [-0.15, -0.1) is 0 Å². The fourth-order valence-corrected chi connectivity index (χ4v) is 2.27. The zero-order valence-corrected chi connectivity index (χ0v) is 11.1. The van der Waals surface area contributed by atoms with Gasteiger partial charge in [-0.1, -0.05) is 13.8 Å². The molecule has 2 atom stereocenters. The Labute approximate surface area is 109 Å². The van der Waals surface area contributed by atoms with Crippen LogP contribution in [0, 0.1) is 5.92 Å². The van der Waals surface area contributed by atoms with Crippen molar-refractivity contribution in [1.29, 1.82) is 0 Å². The third-order valence-corrected chi connectivity index (χ3v) is 3.52. The van der Waals surface area contributed by atoms with E-state index in [0.29, 0.717) is 18.4 Å². The van der Waals surface area contributed by atoms with Crippen molar-refractivity contribution in [2.75, 3.05) is 18.5 Å². The maximum atomic E-state index is 11.5. The molecule has 0 saturated carbocycles. The molecule has 1 aromatic rings. The smallest absolute Gasteiger partial charge is 0.162 e. The predicted octanol–water partition coefficient (Wildman–Crippen LogP) is 3.12. The molecule has 1 aromatic carbocycles. The van der Waals surface area contributed by atoms with Gasteiger partial charge >= 0.3 is 0 Å². The highest BCUT2D eigenvalue weighted by Crippen LogP contribution is 2.20. The molecule has 1 saturated heterocycles. The minimum absolute atomic E-state index is 0.195. The zero-order chi connectivity index (χ0) is 13.0. The summed E-state index contributed by atoms with van der Waals surface area (Å²) < 4.78 is 5.43. The van der Waals surface area contributed by atoms with Crippen molar-refractivity contribution in [1.82, 2.24) is 0 Å². The van der Waals surface area contributed by atoms with Gasteiger partial charge in [-0.05, 0) is 36.6 Å². The summed E-state index contributed by atoms with van der Waals surface area (Å²) in [6, 6.07) is 8.25. The molecule has 3 nitrogen and oxygen atoms in total. The lowest BCUT2D eigenvalue weighted by atomic mass is 9.97. The van der Waals surface area contributed by atoms with Crippen molar-refractivity contribution in [3.05, 3.63) is 29.8 Å². The van der Waals surface area contributed by atoms with Crippen LogP contribution in [-0.4, -0.2) is 25.0 Å². The molecule has 2 unspecified atom stereocenters. The molecule has 1 aliphatic rings. The molecule has 0 aromatic heterocycles. The Bertz CT molecular complexity index is 399. The molecular formula is C15H21NO2. The molecule has 0 radical (unpaired) electrons. The van der Waals surface area contributed by atoms with Crippen molar-refractivity contribution < 1.29 is 9.53 Å². The Morgan fingerprint density at radius 3 is 2.72 bits per heavy atom. The first-order chi connectivity index (χ1) is 8.70. The number of anilines is 1. The Morgan fingerprint density at radius 1 is 1.39 bits per heavy atom. The van der Waals surface area contributed by atoms with Crippen LogP contribution in [0.4, 0.5) is 5.69 Å². The molecule has 98 valence electrons. The Morgan fingerprint density at radius 2 is 2.11 bits per heavy atom. The number of ketones is 1. The maximum Gasteiger partial charge on any atom is 0.162 e. The monoisotopic (exact) mass is 247 g/mol. The van der Waals surface area contributed by atoms with E-state index in [1.165, 1.54) is 0 Å². The second kappa shape index (κ2) is 6.01. The summed E-state index contributed by atoms with van der Waals surface area (Å²) in [4.78, 5) is 11.5. The third kappa shape index (κ3) is 3.10. The molecule has 18 heavy (non-hydrogen) atoms. The lowest BCUT2D eigenvalue weighted by Crippen LogP contribution is -2.35. The first kappa shape index (κ1) is 13.1. The van der Waals surface area contributed by atoms with Crippen molar-refractivity contribution in [2.24, 2.45) is 5.92 Å². The number of Topliss-reactive ketones (excluding diaryl/α,β-unsaturated/α-hetero) is 1. The van der Waals surface area contributed by atoms with Gasteiger partial charge < -0.3 is 10.1 Å². The zero-order valence-electron chi connectivity index (χ0n) is 11.1. The van der Waals surface area contributed by atoms with E-state index in [0.717, 1.165) is 30.9 Å². The van der Waals surface area contributed by atoms with Crippen molar-refractivity contribution in [3.8, 4) is 0 Å². The van der Waals surface area contributed by atoms with E-state index in [-0.39, 0.29) is 5.78 Å². The summed E-state index contributed by atoms with van der Waals surface area (Å²) in [5.74, 6) is 0.719. The number of carbonyl (C=O) groups excluding carboxylic acids is 1. The van der Waals surface area contributed by atoms with E-state index in [9.17, 15) is 4.79 Å². The van der Waals surface area contributed by atoms with E-state index >= 15 is 0 Å². The van der Waals surface area contributed by atoms with Gasteiger partial charge in [0.15, 0.2) is 5.78 Å². The molecule has 1 fully saturated rings. The number of rotatable bonds is 4. The van der Waals surface area contributed by atoms with Crippen LogP contribution in [0.15, 0.2) is 24.3 Å². The summed E-state index contributed by atoms with van der Waals surface area (Å²) >= 11 is 0. The predicted molar refractivity (Wildman–Crippen MR) is 73.1 cm³/mol. The van der Waals surface area contributed by atoms with Crippen molar-refractivity contribution >= 4 is 11.5 Å². The van der Waals surface area contributed by atoms with Gasteiger partial charge in [-0.2, -0.15) is 0 Å². The van der Waals surface area contributed by atoms with Gasteiger partial charge in [0, 0.05) is 30.3 Å². The van der Waals surface area contributed by atoms with E-state index in [1.807, 2.05) is 31.2 Å². The molecule has 0 amide bonds. The first-order valence-corrected chi connectivity index (χ1v) is 6.68. The van der Waals surface area contributed by atoms with Gasteiger partial charge in [0.25, 0.3) is 0 Å². The average Bonchev–Trinajstić information content (AvgIpc) is 2.41. The largest absolute Gasteiger partial charge is 0.382 e. The van der Waals surface area contributed by atoms with Crippen molar-refractivity contribution in [2.45, 2.75) is 32.7 Å². The van der Waals surface area contributed by atoms with Crippen LogP contribution in [0.25, 0.3) is 0 Å². The second-order valence-electron chi connectivity index (χ2n) is 4.95. The van der Waals surface area contributed by atoms with Crippen LogP contribution < -0.4 is 5.32 Å². The van der Waals surface area contributed by atoms with Gasteiger partial charge in [-0.25, -0.2) is 0 Å². The van der Waals surface area contributed by atoms with Crippen LogP contribution in [-0.2, 0) is 4.74 Å². The molecule has 1 aliphatic heterocycles. The highest BCUT2D eigenvalue weighted by molar-refractivity contribution is 5.96. The highest BCUT2D eigenvalue weighted by Gasteiger charge is 2.21. The van der Waals surface area contributed by atoms with Gasteiger partial charge in [0.2, 0.25) is 0 Å². The summed E-state index contributed by atoms with van der Waals surface area (Å²) in [6.45, 7) is 5.74. The van der Waals surface area contributed by atoms with E-state index in [1.54, 1.807) is 0 Å². The van der Waals surface area contributed by atoms with Crippen LogP contribution >= 0.6 is 0 Å². The Balaban J connectivity index is 1.99. The normalized spacial score (nSPS) is 23.7. The topological polar surface area (TPSA) is 38.3 Å². The molecule has 1 heterocycles. The van der Waals surface area contributed by atoms with E-state index in [4.69, 9.17) is 4.74 Å². The van der Waals surface area contributed by atoms with Crippen LogP contribution in [0.5, 0.6) is 0 Å². The summed E-state index contributed by atoms with van der Waals surface area (Å²) in [5.41, 5.74) is 1.88. The number of benzene rings is 1. The van der Waals surface area contributed by atoms with Crippen molar-refractivity contribution in [3.63, 3.8) is 0 Å². The molecule has 3 heteroatoms. The summed E-state index contributed by atoms with van der Waals surface area (Å²) in [7, 11) is 0. The Hall–Kier alpha value is -1.35. The minimum Gasteiger partial charge on any atom is -0.382 e. The summed E-state index contributed by atoms with van der Waals surface area (Å²) in [5, 5.41) is 3.52. The van der Waals surface area contributed by atoms with Gasteiger partial charge in [0.1, 0.15) is 0 Å². The third-order valence-electron chi connectivity index (χ3n) is 3.52. The molecule has 0 aliphatic carbocycles. The fraction of sp³-hybridized carbons (Fsp3) is 0.533. The SMILES string of the molecule is CCC(=O)c1ccc(NC2CCOCC2C)cc1. The maximum absolute atomic E-state index is 11.5. The minimum atomic E-state index is 0.195. The molecule has 0 spiro atoms. The summed E-state index contributed by atoms with van der Waals surface area (Å²) in [6.07, 6.45) is 1.60. The molecule has 1 N–H and O–H groups in total. The molecular weight excluding hydrogens is 226 g/mol. The number of hydrogen-bond acceptors (Lipinski definition) is 3. The van der Waals surface area contributed by atoms with Crippen LogP contribution in [0.1, 0.15) is 37.0 Å².